The highest BCUT2D eigenvalue weighted by Gasteiger charge is 2.33. The van der Waals surface area contributed by atoms with Gasteiger partial charge in [0.05, 0.1) is 6.02 Å². The fourth-order valence-electron chi connectivity index (χ4n) is 1.50. The van der Waals surface area contributed by atoms with E-state index in [2.05, 4.69) is 15.3 Å². The SMILES string of the molecule is CCN(CC)/C([O-])=N/OCOC(=O)C(C)(C)NC(=O)OC(C)(C)C. The normalized spacial score (nSPS) is 12.4. The van der Waals surface area contributed by atoms with Crippen LogP contribution in [-0.2, 0) is 19.1 Å². The predicted octanol–water partition coefficient (Wildman–Crippen LogP) is 0.780. The lowest BCUT2D eigenvalue weighted by atomic mass is 10.1. The number of amidine groups is 1. The number of oxime groups is 1. The number of rotatable bonds is 7. The summed E-state index contributed by atoms with van der Waals surface area (Å²) in [6.07, 6.45) is -0.744. The van der Waals surface area contributed by atoms with Gasteiger partial charge in [-0.05, 0) is 48.5 Å². The van der Waals surface area contributed by atoms with E-state index in [4.69, 9.17) is 9.47 Å². The van der Waals surface area contributed by atoms with Crippen molar-refractivity contribution in [2.24, 2.45) is 5.16 Å². The molecular formula is C15H28N3O6-. The first-order chi connectivity index (χ1) is 10.9. The third-order valence-electron chi connectivity index (χ3n) is 2.74. The summed E-state index contributed by atoms with van der Waals surface area (Å²) in [5.41, 5.74) is -2.01. The molecular weight excluding hydrogens is 318 g/mol. The third kappa shape index (κ3) is 8.44. The van der Waals surface area contributed by atoms with Gasteiger partial charge in [-0.2, -0.15) is 0 Å². The van der Waals surface area contributed by atoms with Gasteiger partial charge >= 0.3 is 12.1 Å². The molecule has 0 aromatic heterocycles. The Hall–Kier alpha value is -2.19. The van der Waals surface area contributed by atoms with Gasteiger partial charge in [0.25, 0.3) is 6.79 Å². The van der Waals surface area contributed by atoms with Gasteiger partial charge in [-0.15, -0.1) is 0 Å². The Kier molecular flexibility index (Phi) is 8.35. The number of carbonyl (C=O) groups is 2. The van der Waals surface area contributed by atoms with Crippen LogP contribution < -0.4 is 10.4 Å². The number of esters is 1. The summed E-state index contributed by atoms with van der Waals surface area (Å²) in [5.74, 6) is -0.751. The molecule has 9 heteroatoms. The molecule has 0 saturated carbocycles. The molecule has 1 amide bonds. The van der Waals surface area contributed by atoms with Gasteiger partial charge in [0.15, 0.2) is 0 Å². The zero-order valence-corrected chi connectivity index (χ0v) is 15.5. The van der Waals surface area contributed by atoms with Crippen molar-refractivity contribution in [2.75, 3.05) is 19.9 Å². The van der Waals surface area contributed by atoms with E-state index in [-0.39, 0.29) is 0 Å². The third-order valence-corrected chi connectivity index (χ3v) is 2.74. The van der Waals surface area contributed by atoms with Crippen LogP contribution in [0.2, 0.25) is 0 Å². The van der Waals surface area contributed by atoms with Gasteiger partial charge in [-0.25, -0.2) is 9.59 Å². The minimum atomic E-state index is -1.32. The number of nitrogens with one attached hydrogen (secondary N) is 1. The fourth-order valence-corrected chi connectivity index (χ4v) is 1.50. The molecule has 0 fully saturated rings. The molecule has 0 rings (SSSR count). The molecule has 0 aliphatic rings. The first-order valence-corrected chi connectivity index (χ1v) is 7.73. The number of amides is 1. The summed E-state index contributed by atoms with van der Waals surface area (Å²) < 4.78 is 9.91. The van der Waals surface area contributed by atoms with Crippen molar-refractivity contribution >= 4 is 18.1 Å². The van der Waals surface area contributed by atoms with E-state index in [1.807, 2.05) is 13.8 Å². The van der Waals surface area contributed by atoms with Crippen LogP contribution in [0.5, 0.6) is 0 Å². The van der Waals surface area contributed by atoms with E-state index in [1.54, 1.807) is 20.8 Å². The van der Waals surface area contributed by atoms with Gasteiger partial charge < -0.3 is 29.6 Å². The lowest BCUT2D eigenvalue weighted by molar-refractivity contribution is -0.241. The van der Waals surface area contributed by atoms with Crippen molar-refractivity contribution in [3.63, 3.8) is 0 Å². The minimum Gasteiger partial charge on any atom is -0.844 e. The Bertz CT molecular complexity index is 453. The largest absolute Gasteiger partial charge is 0.844 e. The van der Waals surface area contributed by atoms with Gasteiger partial charge in [0.1, 0.15) is 11.1 Å². The second kappa shape index (κ2) is 9.19. The van der Waals surface area contributed by atoms with Crippen molar-refractivity contribution in [3.8, 4) is 0 Å². The zero-order chi connectivity index (χ0) is 19.0. The Morgan fingerprint density at radius 3 is 2.12 bits per heavy atom. The van der Waals surface area contributed by atoms with E-state index < -0.39 is 36.0 Å². The van der Waals surface area contributed by atoms with Gasteiger partial charge in [-0.1, -0.05) is 5.16 Å². The van der Waals surface area contributed by atoms with Crippen LogP contribution in [0.4, 0.5) is 4.79 Å². The standard InChI is InChI=1S/C15H29N3O6/c1-8-18(9-2)12(20)17-23-10-22-11(19)15(6,7)16-13(21)24-14(3,4)5/h8-10H2,1-7H3,(H,16,21)(H,17,20)/p-1. The van der Waals surface area contributed by atoms with Gasteiger partial charge in [-0.3, -0.25) is 0 Å². The molecule has 24 heavy (non-hydrogen) atoms. The predicted molar refractivity (Wildman–Crippen MR) is 85.8 cm³/mol. The molecule has 9 nitrogen and oxygen atoms in total. The number of alkyl carbamates (subject to hydrolysis) is 1. The first kappa shape index (κ1) is 21.8. The molecule has 0 spiro atoms. The Labute approximate surface area is 142 Å². The van der Waals surface area contributed by atoms with E-state index in [0.717, 1.165) is 0 Å². The molecule has 0 radical (unpaired) electrons. The summed E-state index contributed by atoms with van der Waals surface area (Å²) in [7, 11) is 0. The molecule has 0 bridgehead atoms. The highest BCUT2D eigenvalue weighted by atomic mass is 16.8. The summed E-state index contributed by atoms with van der Waals surface area (Å²) in [6.45, 7) is 12.1. The zero-order valence-electron chi connectivity index (χ0n) is 15.5. The molecule has 140 valence electrons. The van der Waals surface area contributed by atoms with E-state index in [9.17, 15) is 14.7 Å². The lowest BCUT2D eigenvalue weighted by Gasteiger charge is -2.27. The number of hydrogen-bond acceptors (Lipinski definition) is 7. The number of hydrogen-bond donors (Lipinski definition) is 1. The van der Waals surface area contributed by atoms with Crippen LogP contribution in [0, 0.1) is 0 Å². The lowest BCUT2D eigenvalue weighted by Crippen LogP contribution is -2.52. The quantitative estimate of drug-likeness (QED) is 0.181. The van der Waals surface area contributed by atoms with Crippen molar-refractivity contribution in [1.82, 2.24) is 10.2 Å². The summed E-state index contributed by atoms with van der Waals surface area (Å²) in [6, 6.07) is -0.554. The van der Waals surface area contributed by atoms with E-state index >= 15 is 0 Å². The molecule has 0 aromatic carbocycles. The summed E-state index contributed by atoms with van der Waals surface area (Å²) in [4.78, 5) is 29.8. The summed E-state index contributed by atoms with van der Waals surface area (Å²) >= 11 is 0. The van der Waals surface area contributed by atoms with Gasteiger partial charge in [0, 0.05) is 13.1 Å². The Balaban J connectivity index is 4.40. The first-order valence-electron chi connectivity index (χ1n) is 7.73. The van der Waals surface area contributed by atoms with Crippen molar-refractivity contribution in [2.45, 2.75) is 59.6 Å². The van der Waals surface area contributed by atoms with E-state index in [0.29, 0.717) is 13.1 Å². The molecule has 0 saturated heterocycles. The maximum absolute atomic E-state index is 11.9. The maximum Gasteiger partial charge on any atom is 0.408 e. The highest BCUT2D eigenvalue weighted by Crippen LogP contribution is 2.10. The molecule has 0 aliphatic carbocycles. The summed E-state index contributed by atoms with van der Waals surface area (Å²) in [5, 5.41) is 17.3. The molecule has 0 aliphatic heterocycles. The number of carbonyl (C=O) groups excluding carboxylic acids is 2. The van der Waals surface area contributed by atoms with Crippen LogP contribution in [0.1, 0.15) is 48.5 Å². The van der Waals surface area contributed by atoms with Gasteiger partial charge in [0.2, 0.25) is 0 Å². The average molecular weight is 346 g/mol. The van der Waals surface area contributed by atoms with E-state index in [1.165, 1.54) is 18.7 Å². The van der Waals surface area contributed by atoms with Crippen molar-refractivity contribution < 1.29 is 29.0 Å². The van der Waals surface area contributed by atoms with Crippen LogP contribution in [-0.4, -0.2) is 54.0 Å². The number of nitrogens with zero attached hydrogens (tertiary/aromatic N) is 2. The Morgan fingerprint density at radius 2 is 1.67 bits per heavy atom. The Morgan fingerprint density at radius 1 is 1.12 bits per heavy atom. The molecule has 0 heterocycles. The molecule has 0 unspecified atom stereocenters. The fraction of sp³-hybridized carbons (Fsp3) is 0.800. The monoisotopic (exact) mass is 346 g/mol. The van der Waals surface area contributed by atoms with Crippen LogP contribution in [0.15, 0.2) is 5.16 Å². The van der Waals surface area contributed by atoms with Crippen LogP contribution >= 0.6 is 0 Å². The second-order valence-corrected chi connectivity index (χ2v) is 6.48. The molecule has 0 aromatic rings. The van der Waals surface area contributed by atoms with Crippen molar-refractivity contribution in [3.05, 3.63) is 0 Å². The smallest absolute Gasteiger partial charge is 0.408 e. The minimum absolute atomic E-state index is 0.495. The maximum atomic E-state index is 11.9. The van der Waals surface area contributed by atoms with Crippen molar-refractivity contribution in [1.29, 1.82) is 0 Å². The van der Waals surface area contributed by atoms with Crippen LogP contribution in [0.3, 0.4) is 0 Å². The molecule has 0 atom stereocenters. The molecule has 1 N–H and O–H groups in total. The van der Waals surface area contributed by atoms with Crippen LogP contribution in [0.25, 0.3) is 0 Å². The topological polar surface area (TPSA) is 113 Å². The number of ether oxygens (including phenoxy) is 2. The highest BCUT2D eigenvalue weighted by molar-refractivity contribution is 5.84. The second-order valence-electron chi connectivity index (χ2n) is 6.48. The average Bonchev–Trinajstić information content (AvgIpc) is 2.41.